The summed E-state index contributed by atoms with van der Waals surface area (Å²) in [6.45, 7) is 8.13. The van der Waals surface area contributed by atoms with Gasteiger partial charge in [-0.2, -0.15) is 0 Å². The molecule has 1 aromatic rings. The van der Waals surface area contributed by atoms with Crippen LogP contribution in [0.15, 0.2) is 24.3 Å². The van der Waals surface area contributed by atoms with Crippen LogP contribution in [0.25, 0.3) is 0 Å². The first kappa shape index (κ1) is 15.8. The van der Waals surface area contributed by atoms with Crippen LogP contribution < -0.4 is 10.1 Å². The van der Waals surface area contributed by atoms with E-state index in [0.717, 1.165) is 11.3 Å². The van der Waals surface area contributed by atoms with Gasteiger partial charge < -0.3 is 14.4 Å². The van der Waals surface area contributed by atoms with Crippen LogP contribution in [-0.4, -0.2) is 43.2 Å². The Morgan fingerprint density at radius 1 is 1.33 bits per heavy atom. The third-order valence-corrected chi connectivity index (χ3v) is 3.37. The number of ether oxygens (including phenoxy) is 2. The van der Waals surface area contributed by atoms with Crippen molar-refractivity contribution < 1.29 is 14.3 Å². The number of nitrogens with one attached hydrogen (secondary N) is 1. The van der Waals surface area contributed by atoms with Gasteiger partial charge in [0.05, 0.1) is 25.9 Å². The quantitative estimate of drug-likeness (QED) is 0.834. The van der Waals surface area contributed by atoms with E-state index in [1.54, 1.807) is 0 Å². The molecule has 2 rings (SSSR count). The average molecular weight is 292 g/mol. The maximum atomic E-state index is 12.0. The van der Waals surface area contributed by atoms with Crippen molar-refractivity contribution in [3.05, 3.63) is 29.8 Å². The number of amides is 1. The van der Waals surface area contributed by atoms with E-state index in [9.17, 15) is 4.79 Å². The first-order valence-corrected chi connectivity index (χ1v) is 7.49. The molecule has 5 nitrogen and oxygen atoms in total. The molecule has 0 radical (unpaired) electrons. The third-order valence-electron chi connectivity index (χ3n) is 3.37. The van der Waals surface area contributed by atoms with E-state index in [4.69, 9.17) is 9.47 Å². The molecule has 0 spiro atoms. The van der Waals surface area contributed by atoms with E-state index in [1.165, 1.54) is 0 Å². The van der Waals surface area contributed by atoms with E-state index >= 15 is 0 Å². The number of carbonyl (C=O) groups is 1. The number of nitrogens with zero attached hydrogens (tertiary/aromatic N) is 1. The van der Waals surface area contributed by atoms with Crippen molar-refractivity contribution in [3.8, 4) is 5.75 Å². The summed E-state index contributed by atoms with van der Waals surface area (Å²) in [7, 11) is 0. The molecular weight excluding hydrogens is 268 g/mol. The molecule has 1 aliphatic rings. The highest BCUT2D eigenvalue weighted by atomic mass is 16.5. The minimum Gasteiger partial charge on any atom is -0.494 e. The molecular formula is C16H24N2O3. The van der Waals surface area contributed by atoms with Crippen molar-refractivity contribution in [2.75, 3.05) is 26.3 Å². The maximum absolute atomic E-state index is 12.0. The Bertz CT molecular complexity index is 459. The summed E-state index contributed by atoms with van der Waals surface area (Å²) in [5.74, 6) is 0.960. The molecule has 1 N–H and O–H groups in total. The fourth-order valence-corrected chi connectivity index (χ4v) is 2.39. The second-order valence-electron chi connectivity index (χ2n) is 5.29. The molecule has 0 bridgehead atoms. The molecule has 21 heavy (non-hydrogen) atoms. The van der Waals surface area contributed by atoms with E-state index in [2.05, 4.69) is 5.32 Å². The molecule has 5 heteroatoms. The number of benzene rings is 1. The highest BCUT2D eigenvalue weighted by Crippen LogP contribution is 2.24. The van der Waals surface area contributed by atoms with Crippen LogP contribution in [-0.2, 0) is 9.53 Å². The zero-order valence-corrected chi connectivity index (χ0v) is 13.0. The monoisotopic (exact) mass is 292 g/mol. The molecule has 1 atom stereocenters. The lowest BCUT2D eigenvalue weighted by Crippen LogP contribution is -2.33. The molecule has 0 saturated carbocycles. The summed E-state index contributed by atoms with van der Waals surface area (Å²) in [5.41, 5.74) is 1.06. The number of carbonyl (C=O) groups excluding carboxylic acids is 1. The topological polar surface area (TPSA) is 50.8 Å². The number of hydrogen-bond donors (Lipinski definition) is 1. The summed E-state index contributed by atoms with van der Waals surface area (Å²) in [6, 6.07) is 7.87. The van der Waals surface area contributed by atoms with E-state index in [1.807, 2.05) is 49.9 Å². The molecule has 1 saturated heterocycles. The Morgan fingerprint density at radius 3 is 2.67 bits per heavy atom. The molecule has 0 aliphatic carbocycles. The lowest BCUT2D eigenvalue weighted by molar-refractivity contribution is -0.129. The van der Waals surface area contributed by atoms with Crippen molar-refractivity contribution in [2.24, 2.45) is 0 Å². The normalized spacial score (nSPS) is 18.6. The summed E-state index contributed by atoms with van der Waals surface area (Å²) in [6.07, 6.45) is 0.100. The largest absolute Gasteiger partial charge is 0.494 e. The average Bonchev–Trinajstić information content (AvgIpc) is 2.81. The number of rotatable bonds is 7. The van der Waals surface area contributed by atoms with Crippen LogP contribution in [0.3, 0.4) is 0 Å². The van der Waals surface area contributed by atoms with Crippen LogP contribution in [0.5, 0.6) is 5.75 Å². The lowest BCUT2D eigenvalue weighted by Gasteiger charge is -2.25. The standard InChI is InChI=1S/C16H24N2O3/c1-4-20-14-7-5-13(6-8-14)16-17-11-15(19)18(16)9-10-21-12(2)3/h5-8,12,16-17H,4,9-11H2,1-3H3. The Balaban J connectivity index is 2.00. The van der Waals surface area contributed by atoms with E-state index in [0.29, 0.717) is 26.3 Å². The second kappa shape index (κ2) is 7.43. The van der Waals surface area contributed by atoms with Crippen molar-refractivity contribution in [1.29, 1.82) is 0 Å². The smallest absolute Gasteiger partial charge is 0.238 e. The van der Waals surface area contributed by atoms with Gasteiger partial charge in [0.25, 0.3) is 0 Å². The summed E-state index contributed by atoms with van der Waals surface area (Å²) in [5, 5.41) is 3.24. The Labute approximate surface area is 126 Å². The lowest BCUT2D eigenvalue weighted by atomic mass is 10.1. The Hall–Kier alpha value is -1.59. The minimum absolute atomic E-state index is 0.0797. The fourth-order valence-electron chi connectivity index (χ4n) is 2.39. The third kappa shape index (κ3) is 4.19. The highest BCUT2D eigenvalue weighted by molar-refractivity contribution is 5.80. The van der Waals surface area contributed by atoms with Gasteiger partial charge in [-0.05, 0) is 38.5 Å². The predicted octanol–water partition coefficient (Wildman–Crippen LogP) is 1.94. The van der Waals surface area contributed by atoms with Crippen LogP contribution in [0.4, 0.5) is 0 Å². The first-order valence-electron chi connectivity index (χ1n) is 7.49. The zero-order valence-electron chi connectivity index (χ0n) is 13.0. The van der Waals surface area contributed by atoms with Crippen molar-refractivity contribution in [1.82, 2.24) is 10.2 Å². The van der Waals surface area contributed by atoms with Crippen molar-refractivity contribution in [2.45, 2.75) is 33.0 Å². The van der Waals surface area contributed by atoms with Crippen LogP contribution in [0.2, 0.25) is 0 Å². The summed E-state index contributed by atoms with van der Waals surface area (Å²) < 4.78 is 11.0. The zero-order chi connectivity index (χ0) is 15.2. The predicted molar refractivity (Wildman–Crippen MR) is 81.2 cm³/mol. The van der Waals surface area contributed by atoms with Crippen LogP contribution >= 0.6 is 0 Å². The molecule has 116 valence electrons. The van der Waals surface area contributed by atoms with Gasteiger partial charge in [0, 0.05) is 6.54 Å². The molecule has 1 aromatic carbocycles. The van der Waals surface area contributed by atoms with Crippen molar-refractivity contribution in [3.63, 3.8) is 0 Å². The molecule has 1 fully saturated rings. The minimum atomic E-state index is -0.0797. The molecule has 0 aromatic heterocycles. The second-order valence-corrected chi connectivity index (χ2v) is 5.29. The van der Waals surface area contributed by atoms with Gasteiger partial charge in [0.2, 0.25) is 5.91 Å². The van der Waals surface area contributed by atoms with Crippen LogP contribution in [0.1, 0.15) is 32.5 Å². The van der Waals surface area contributed by atoms with E-state index in [-0.39, 0.29) is 18.2 Å². The fraction of sp³-hybridized carbons (Fsp3) is 0.562. The van der Waals surface area contributed by atoms with Gasteiger partial charge >= 0.3 is 0 Å². The summed E-state index contributed by atoms with van der Waals surface area (Å²) in [4.78, 5) is 13.8. The SMILES string of the molecule is CCOc1ccc(C2NCC(=O)N2CCOC(C)C)cc1. The number of hydrogen-bond acceptors (Lipinski definition) is 4. The van der Waals surface area contributed by atoms with Gasteiger partial charge in [0.1, 0.15) is 11.9 Å². The van der Waals surface area contributed by atoms with Crippen LogP contribution in [0, 0.1) is 0 Å². The molecule has 1 aliphatic heterocycles. The maximum Gasteiger partial charge on any atom is 0.238 e. The van der Waals surface area contributed by atoms with Gasteiger partial charge in [-0.1, -0.05) is 12.1 Å². The van der Waals surface area contributed by atoms with Gasteiger partial charge in [0.15, 0.2) is 0 Å². The molecule has 1 heterocycles. The highest BCUT2D eigenvalue weighted by Gasteiger charge is 2.31. The van der Waals surface area contributed by atoms with E-state index < -0.39 is 0 Å². The van der Waals surface area contributed by atoms with Crippen molar-refractivity contribution >= 4 is 5.91 Å². The molecule has 1 amide bonds. The first-order chi connectivity index (χ1) is 10.1. The van der Waals surface area contributed by atoms with Gasteiger partial charge in [-0.15, -0.1) is 0 Å². The Morgan fingerprint density at radius 2 is 2.05 bits per heavy atom. The van der Waals surface area contributed by atoms with Gasteiger partial charge in [-0.3, -0.25) is 10.1 Å². The summed E-state index contributed by atoms with van der Waals surface area (Å²) >= 11 is 0. The molecule has 1 unspecified atom stereocenters. The van der Waals surface area contributed by atoms with Gasteiger partial charge in [-0.25, -0.2) is 0 Å². The Kier molecular flexibility index (Phi) is 5.59.